The van der Waals surface area contributed by atoms with Gasteiger partial charge < -0.3 is 10.6 Å². The second-order valence-corrected chi connectivity index (χ2v) is 7.54. The number of benzene rings is 2. The van der Waals surface area contributed by atoms with E-state index in [1.54, 1.807) is 24.3 Å². The average Bonchev–Trinajstić information content (AvgIpc) is 2.71. The Morgan fingerprint density at radius 1 is 1.10 bits per heavy atom. The van der Waals surface area contributed by atoms with Crippen LogP contribution in [0.4, 0.5) is 10.1 Å². The van der Waals surface area contributed by atoms with Gasteiger partial charge in [-0.2, -0.15) is 0 Å². The van der Waals surface area contributed by atoms with Gasteiger partial charge in [-0.3, -0.25) is 14.5 Å². The minimum atomic E-state index is -0.203. The van der Waals surface area contributed by atoms with Gasteiger partial charge in [-0.25, -0.2) is 4.39 Å². The van der Waals surface area contributed by atoms with Crippen LogP contribution in [0.1, 0.15) is 35.7 Å². The fourth-order valence-electron chi connectivity index (χ4n) is 3.71. The van der Waals surface area contributed by atoms with E-state index in [2.05, 4.69) is 15.5 Å². The maximum atomic E-state index is 13.0. The molecule has 2 aromatic rings. The second kappa shape index (κ2) is 10.2. The monoisotopic (exact) mass is 397 g/mol. The molecule has 0 spiro atoms. The first kappa shape index (κ1) is 21.0. The van der Waals surface area contributed by atoms with E-state index in [0.29, 0.717) is 30.3 Å². The van der Waals surface area contributed by atoms with E-state index >= 15 is 0 Å². The van der Waals surface area contributed by atoms with Crippen molar-refractivity contribution >= 4 is 17.5 Å². The Hall–Kier alpha value is -2.73. The summed E-state index contributed by atoms with van der Waals surface area (Å²) in [5.74, 6) is 0.140. The molecule has 2 N–H and O–H groups in total. The number of anilines is 1. The zero-order valence-electron chi connectivity index (χ0n) is 16.8. The van der Waals surface area contributed by atoms with Gasteiger partial charge in [-0.1, -0.05) is 18.2 Å². The molecule has 3 rings (SSSR count). The molecule has 1 aliphatic rings. The van der Waals surface area contributed by atoms with Crippen LogP contribution in [0.2, 0.25) is 0 Å². The molecular formula is C23H28FN3O2. The van der Waals surface area contributed by atoms with Crippen LogP contribution in [0.3, 0.4) is 0 Å². The van der Waals surface area contributed by atoms with Crippen molar-refractivity contribution in [2.45, 2.75) is 26.2 Å². The van der Waals surface area contributed by atoms with Gasteiger partial charge in [0.15, 0.2) is 0 Å². The van der Waals surface area contributed by atoms with Crippen LogP contribution in [0, 0.1) is 11.7 Å². The third-order valence-electron chi connectivity index (χ3n) is 5.26. The van der Waals surface area contributed by atoms with Crippen molar-refractivity contribution in [3.63, 3.8) is 0 Å². The zero-order chi connectivity index (χ0) is 20.6. The highest BCUT2D eigenvalue weighted by molar-refractivity contribution is 5.97. The Balaban J connectivity index is 1.44. The topological polar surface area (TPSA) is 61.4 Å². The maximum absolute atomic E-state index is 13.0. The molecule has 1 aliphatic heterocycles. The third-order valence-corrected chi connectivity index (χ3v) is 5.26. The standard InChI is InChI=1S/C23H28FN3O2/c1-2-25-23(29)19-4-3-5-21(15-19)26-22(28)16-27-12-10-18(11-13-27)14-17-6-8-20(24)9-7-17/h3-9,15,18H,2,10-14,16H2,1H3,(H,25,29)(H,26,28). The molecule has 6 heteroatoms. The van der Waals surface area contributed by atoms with E-state index < -0.39 is 0 Å². The molecule has 2 amide bonds. The lowest BCUT2D eigenvalue weighted by Gasteiger charge is -2.31. The van der Waals surface area contributed by atoms with Crippen molar-refractivity contribution in [3.05, 3.63) is 65.5 Å². The van der Waals surface area contributed by atoms with Gasteiger partial charge in [-0.15, -0.1) is 0 Å². The number of halogens is 1. The van der Waals surface area contributed by atoms with Gasteiger partial charge in [-0.05, 0) is 81.1 Å². The van der Waals surface area contributed by atoms with Crippen molar-refractivity contribution < 1.29 is 14.0 Å². The Morgan fingerprint density at radius 3 is 2.52 bits per heavy atom. The zero-order valence-corrected chi connectivity index (χ0v) is 16.8. The molecule has 0 aliphatic carbocycles. The molecule has 2 aromatic carbocycles. The summed E-state index contributed by atoms with van der Waals surface area (Å²) in [5.41, 5.74) is 2.32. The van der Waals surface area contributed by atoms with E-state index in [0.717, 1.165) is 37.9 Å². The fourth-order valence-corrected chi connectivity index (χ4v) is 3.71. The van der Waals surface area contributed by atoms with Crippen molar-refractivity contribution in [1.29, 1.82) is 0 Å². The molecule has 0 saturated carbocycles. The quantitative estimate of drug-likeness (QED) is 0.752. The largest absolute Gasteiger partial charge is 0.352 e. The van der Waals surface area contributed by atoms with Gasteiger partial charge in [0.05, 0.1) is 6.54 Å². The highest BCUT2D eigenvalue weighted by Gasteiger charge is 2.21. The van der Waals surface area contributed by atoms with Crippen molar-refractivity contribution in [1.82, 2.24) is 10.2 Å². The average molecular weight is 397 g/mol. The third kappa shape index (κ3) is 6.39. The molecule has 1 heterocycles. The van der Waals surface area contributed by atoms with E-state index in [1.165, 1.54) is 12.1 Å². The summed E-state index contributed by atoms with van der Waals surface area (Å²) in [4.78, 5) is 26.5. The molecular weight excluding hydrogens is 369 g/mol. The van der Waals surface area contributed by atoms with E-state index in [9.17, 15) is 14.0 Å². The van der Waals surface area contributed by atoms with Crippen LogP contribution >= 0.6 is 0 Å². The first-order valence-corrected chi connectivity index (χ1v) is 10.2. The Kier molecular flexibility index (Phi) is 7.36. The molecule has 29 heavy (non-hydrogen) atoms. The number of rotatable bonds is 7. The van der Waals surface area contributed by atoms with E-state index in [4.69, 9.17) is 0 Å². The molecule has 1 fully saturated rings. The fraction of sp³-hybridized carbons (Fsp3) is 0.391. The summed E-state index contributed by atoms with van der Waals surface area (Å²) < 4.78 is 13.0. The summed E-state index contributed by atoms with van der Waals surface area (Å²) in [5, 5.41) is 5.64. The number of piperidine rings is 1. The summed E-state index contributed by atoms with van der Waals surface area (Å²) >= 11 is 0. The highest BCUT2D eigenvalue weighted by Crippen LogP contribution is 2.22. The van der Waals surface area contributed by atoms with Crippen LogP contribution in [0.15, 0.2) is 48.5 Å². The summed E-state index contributed by atoms with van der Waals surface area (Å²) in [7, 11) is 0. The molecule has 0 radical (unpaired) electrons. The van der Waals surface area contributed by atoms with Crippen LogP contribution < -0.4 is 10.6 Å². The van der Waals surface area contributed by atoms with Gasteiger partial charge >= 0.3 is 0 Å². The number of nitrogens with one attached hydrogen (secondary N) is 2. The minimum absolute atomic E-state index is 0.0740. The van der Waals surface area contributed by atoms with E-state index in [-0.39, 0.29) is 17.6 Å². The van der Waals surface area contributed by atoms with Crippen LogP contribution in [0.25, 0.3) is 0 Å². The van der Waals surface area contributed by atoms with Gasteiger partial charge in [0.2, 0.25) is 5.91 Å². The van der Waals surface area contributed by atoms with Gasteiger partial charge in [0.25, 0.3) is 5.91 Å². The predicted octanol–water partition coefficient (Wildman–Crippen LogP) is 3.47. The predicted molar refractivity (Wildman–Crippen MR) is 112 cm³/mol. The summed E-state index contributed by atoms with van der Waals surface area (Å²) in [6.45, 7) is 4.52. The molecule has 154 valence electrons. The SMILES string of the molecule is CCNC(=O)c1cccc(NC(=O)CN2CCC(Cc3ccc(F)cc3)CC2)c1. The summed E-state index contributed by atoms with van der Waals surface area (Å²) in [6, 6.07) is 13.7. The molecule has 0 aromatic heterocycles. The van der Waals surface area contributed by atoms with Crippen molar-refractivity contribution in [3.8, 4) is 0 Å². The van der Waals surface area contributed by atoms with Gasteiger partial charge in [0.1, 0.15) is 5.82 Å². The molecule has 0 unspecified atom stereocenters. The number of amides is 2. The molecule has 0 bridgehead atoms. The van der Waals surface area contributed by atoms with Crippen molar-refractivity contribution in [2.75, 3.05) is 31.5 Å². The number of nitrogens with zero attached hydrogens (tertiary/aromatic N) is 1. The molecule has 1 saturated heterocycles. The normalized spacial score (nSPS) is 15.1. The Labute approximate surface area is 171 Å². The van der Waals surface area contributed by atoms with E-state index in [1.807, 2.05) is 19.1 Å². The second-order valence-electron chi connectivity index (χ2n) is 7.54. The highest BCUT2D eigenvalue weighted by atomic mass is 19.1. The number of carbonyl (C=O) groups excluding carboxylic acids is 2. The number of hydrogen-bond donors (Lipinski definition) is 2. The van der Waals surface area contributed by atoms with Crippen LogP contribution in [-0.4, -0.2) is 42.9 Å². The lowest BCUT2D eigenvalue weighted by molar-refractivity contribution is -0.117. The van der Waals surface area contributed by atoms with Crippen LogP contribution in [0.5, 0.6) is 0 Å². The maximum Gasteiger partial charge on any atom is 0.251 e. The Bertz CT molecular complexity index is 830. The van der Waals surface area contributed by atoms with Gasteiger partial charge in [0, 0.05) is 17.8 Å². The number of likely N-dealkylation sites (tertiary alicyclic amines) is 1. The lowest BCUT2D eigenvalue weighted by Crippen LogP contribution is -2.39. The Morgan fingerprint density at radius 2 is 1.83 bits per heavy atom. The number of carbonyl (C=O) groups is 2. The van der Waals surface area contributed by atoms with Crippen molar-refractivity contribution in [2.24, 2.45) is 5.92 Å². The summed E-state index contributed by atoms with van der Waals surface area (Å²) in [6.07, 6.45) is 3.00. The lowest BCUT2D eigenvalue weighted by atomic mass is 9.90. The molecule has 0 atom stereocenters. The minimum Gasteiger partial charge on any atom is -0.352 e. The number of hydrogen-bond acceptors (Lipinski definition) is 3. The van der Waals surface area contributed by atoms with Crippen LogP contribution in [-0.2, 0) is 11.2 Å². The molecule has 5 nitrogen and oxygen atoms in total. The smallest absolute Gasteiger partial charge is 0.251 e. The first-order chi connectivity index (χ1) is 14.0. The first-order valence-electron chi connectivity index (χ1n) is 10.2.